The number of hydrogen-bond donors (Lipinski definition) is 2. The maximum atomic E-state index is 13.2. The summed E-state index contributed by atoms with van der Waals surface area (Å²) >= 11 is 3.16. The number of benzene rings is 1. The predicted octanol–water partition coefficient (Wildman–Crippen LogP) is 2.84. The number of nitrogens with one attached hydrogen (secondary N) is 1. The minimum Gasteiger partial charge on any atom is -0.358 e. The fourth-order valence-electron chi connectivity index (χ4n) is 1.64. The van der Waals surface area contributed by atoms with Crippen LogP contribution in [0.3, 0.4) is 0 Å². The summed E-state index contributed by atoms with van der Waals surface area (Å²) in [6.45, 7) is 2.40. The van der Waals surface area contributed by atoms with Crippen molar-refractivity contribution in [3.05, 3.63) is 33.7 Å². The summed E-state index contributed by atoms with van der Waals surface area (Å²) in [7, 11) is 0. The second-order valence-corrected chi connectivity index (χ2v) is 4.10. The summed E-state index contributed by atoms with van der Waals surface area (Å²) < 4.78 is 13.7. The molecule has 3 N–H and O–H groups in total. The molecule has 0 radical (unpaired) electrons. The fraction of sp³-hybridized carbons (Fsp3) is 0.200. The average Bonchev–Trinajstić information content (AvgIpc) is 2.42. The van der Waals surface area contributed by atoms with E-state index < -0.39 is 0 Å². The Balaban J connectivity index is 2.82. The first-order chi connectivity index (χ1) is 6.63. The first kappa shape index (κ1) is 9.68. The molecule has 0 spiro atoms. The Hall–Kier alpha value is -0.870. The number of aromatic nitrogens is 1. The van der Waals surface area contributed by atoms with Crippen LogP contribution in [0.1, 0.15) is 11.3 Å². The van der Waals surface area contributed by atoms with Crippen LogP contribution in [0.15, 0.2) is 16.6 Å². The van der Waals surface area contributed by atoms with Crippen LogP contribution >= 0.6 is 15.9 Å². The first-order valence-corrected chi connectivity index (χ1v) is 5.09. The van der Waals surface area contributed by atoms with Crippen molar-refractivity contribution >= 4 is 26.8 Å². The molecule has 1 aromatic carbocycles. The number of aryl methyl sites for hydroxylation is 1. The van der Waals surface area contributed by atoms with Gasteiger partial charge < -0.3 is 10.7 Å². The third kappa shape index (κ3) is 1.35. The summed E-state index contributed by atoms with van der Waals surface area (Å²) in [6, 6.07) is 3.24. The average molecular weight is 257 g/mol. The van der Waals surface area contributed by atoms with Gasteiger partial charge in [-0.05, 0) is 40.5 Å². The zero-order chi connectivity index (χ0) is 10.3. The third-order valence-corrected chi connectivity index (χ3v) is 2.97. The number of fused-ring (bicyclic) bond motifs is 1. The standard InChI is InChI=1S/C10H10BrFN2/c1-5-7(4-13)6-2-8(11)9(12)3-10(6)14-5/h2-3,14H,4,13H2,1H3. The van der Waals surface area contributed by atoms with Gasteiger partial charge in [-0.3, -0.25) is 0 Å². The Morgan fingerprint density at radius 3 is 2.86 bits per heavy atom. The van der Waals surface area contributed by atoms with Crippen molar-refractivity contribution in [2.45, 2.75) is 13.5 Å². The maximum absolute atomic E-state index is 13.2. The number of halogens is 2. The monoisotopic (exact) mass is 256 g/mol. The molecule has 4 heteroatoms. The molecule has 0 unspecified atom stereocenters. The number of aromatic amines is 1. The van der Waals surface area contributed by atoms with E-state index in [0.717, 1.165) is 22.2 Å². The minimum atomic E-state index is -0.262. The molecule has 0 saturated heterocycles. The van der Waals surface area contributed by atoms with Crippen molar-refractivity contribution in [1.82, 2.24) is 4.98 Å². The zero-order valence-corrected chi connectivity index (χ0v) is 9.28. The first-order valence-electron chi connectivity index (χ1n) is 4.29. The molecule has 1 aromatic heterocycles. The van der Waals surface area contributed by atoms with Gasteiger partial charge in [0, 0.05) is 23.1 Å². The molecule has 0 atom stereocenters. The van der Waals surface area contributed by atoms with Crippen molar-refractivity contribution in [3.63, 3.8) is 0 Å². The Morgan fingerprint density at radius 2 is 2.21 bits per heavy atom. The highest BCUT2D eigenvalue weighted by atomic mass is 79.9. The molecule has 0 saturated carbocycles. The summed E-state index contributed by atoms with van der Waals surface area (Å²) in [5.74, 6) is -0.262. The van der Waals surface area contributed by atoms with Crippen molar-refractivity contribution in [2.24, 2.45) is 5.73 Å². The van der Waals surface area contributed by atoms with Crippen LogP contribution < -0.4 is 5.73 Å². The van der Waals surface area contributed by atoms with Crippen LogP contribution in [0.4, 0.5) is 4.39 Å². The molecule has 0 fully saturated rings. The van der Waals surface area contributed by atoms with E-state index in [2.05, 4.69) is 20.9 Å². The van der Waals surface area contributed by atoms with E-state index in [1.807, 2.05) is 6.92 Å². The topological polar surface area (TPSA) is 41.8 Å². The van der Waals surface area contributed by atoms with Crippen LogP contribution in [0.2, 0.25) is 0 Å². The molecular weight excluding hydrogens is 247 g/mol. The Kier molecular flexibility index (Phi) is 2.33. The predicted molar refractivity (Wildman–Crippen MR) is 58.6 cm³/mol. The molecule has 14 heavy (non-hydrogen) atoms. The molecule has 0 bridgehead atoms. The van der Waals surface area contributed by atoms with Gasteiger partial charge in [-0.15, -0.1) is 0 Å². The highest BCUT2D eigenvalue weighted by Gasteiger charge is 2.09. The van der Waals surface area contributed by atoms with E-state index in [9.17, 15) is 4.39 Å². The van der Waals surface area contributed by atoms with E-state index >= 15 is 0 Å². The van der Waals surface area contributed by atoms with Gasteiger partial charge in [0.2, 0.25) is 0 Å². The number of rotatable bonds is 1. The normalized spacial score (nSPS) is 11.1. The summed E-state index contributed by atoms with van der Waals surface area (Å²) in [4.78, 5) is 3.11. The quantitative estimate of drug-likeness (QED) is 0.810. The molecule has 2 rings (SSSR count). The molecule has 1 heterocycles. The van der Waals surface area contributed by atoms with Gasteiger partial charge in [0.1, 0.15) is 5.82 Å². The smallest absolute Gasteiger partial charge is 0.139 e. The third-order valence-electron chi connectivity index (χ3n) is 2.36. The van der Waals surface area contributed by atoms with Gasteiger partial charge in [0.05, 0.1) is 4.47 Å². The van der Waals surface area contributed by atoms with Gasteiger partial charge >= 0.3 is 0 Å². The highest BCUT2D eigenvalue weighted by molar-refractivity contribution is 9.10. The lowest BCUT2D eigenvalue weighted by molar-refractivity contribution is 0.623. The summed E-state index contributed by atoms with van der Waals surface area (Å²) in [6.07, 6.45) is 0. The molecular formula is C10H10BrFN2. The number of nitrogens with two attached hydrogens (primary N) is 1. The molecule has 74 valence electrons. The second kappa shape index (κ2) is 3.37. The SMILES string of the molecule is Cc1[nH]c2cc(F)c(Br)cc2c1CN. The van der Waals surface area contributed by atoms with Crippen molar-refractivity contribution in [2.75, 3.05) is 0 Å². The van der Waals surface area contributed by atoms with E-state index in [-0.39, 0.29) is 5.82 Å². The van der Waals surface area contributed by atoms with Gasteiger partial charge in [0.25, 0.3) is 0 Å². The molecule has 2 aromatic rings. The lowest BCUT2D eigenvalue weighted by Crippen LogP contribution is -1.96. The van der Waals surface area contributed by atoms with Gasteiger partial charge in [-0.25, -0.2) is 4.39 Å². The number of H-pyrrole nitrogens is 1. The highest BCUT2D eigenvalue weighted by Crippen LogP contribution is 2.27. The van der Waals surface area contributed by atoms with Crippen LogP contribution in [0.25, 0.3) is 10.9 Å². The Morgan fingerprint density at radius 1 is 1.50 bits per heavy atom. The Bertz CT molecular complexity index is 490. The van der Waals surface area contributed by atoms with Crippen molar-refractivity contribution in [1.29, 1.82) is 0 Å². The molecule has 0 amide bonds. The lowest BCUT2D eigenvalue weighted by atomic mass is 10.1. The molecule has 2 nitrogen and oxygen atoms in total. The fourth-order valence-corrected chi connectivity index (χ4v) is 1.99. The Labute approximate surface area is 89.4 Å². The maximum Gasteiger partial charge on any atom is 0.139 e. The second-order valence-electron chi connectivity index (χ2n) is 3.24. The van der Waals surface area contributed by atoms with Crippen LogP contribution in [0.5, 0.6) is 0 Å². The van der Waals surface area contributed by atoms with Crippen LogP contribution in [-0.2, 0) is 6.54 Å². The largest absolute Gasteiger partial charge is 0.358 e. The van der Waals surface area contributed by atoms with E-state index in [1.165, 1.54) is 6.07 Å². The van der Waals surface area contributed by atoms with Gasteiger partial charge in [0.15, 0.2) is 0 Å². The van der Waals surface area contributed by atoms with Crippen LogP contribution in [-0.4, -0.2) is 4.98 Å². The molecule has 0 aliphatic heterocycles. The minimum absolute atomic E-state index is 0.262. The van der Waals surface area contributed by atoms with Gasteiger partial charge in [-0.2, -0.15) is 0 Å². The van der Waals surface area contributed by atoms with Crippen molar-refractivity contribution in [3.8, 4) is 0 Å². The van der Waals surface area contributed by atoms with E-state index in [0.29, 0.717) is 11.0 Å². The summed E-state index contributed by atoms with van der Waals surface area (Å²) in [5, 5.41) is 0.985. The van der Waals surface area contributed by atoms with Crippen LogP contribution in [0, 0.1) is 12.7 Å². The van der Waals surface area contributed by atoms with Crippen molar-refractivity contribution < 1.29 is 4.39 Å². The van der Waals surface area contributed by atoms with E-state index in [1.54, 1.807) is 6.07 Å². The summed E-state index contributed by atoms with van der Waals surface area (Å²) in [5.41, 5.74) is 8.46. The lowest BCUT2D eigenvalue weighted by Gasteiger charge is -1.97. The zero-order valence-electron chi connectivity index (χ0n) is 7.70. The molecule has 0 aliphatic carbocycles. The number of hydrogen-bond acceptors (Lipinski definition) is 1. The van der Waals surface area contributed by atoms with E-state index in [4.69, 9.17) is 5.73 Å². The molecule has 0 aliphatic rings. The van der Waals surface area contributed by atoms with Gasteiger partial charge in [-0.1, -0.05) is 0 Å².